The number of nitrogens with one attached hydrogen (secondary N) is 1. The van der Waals surface area contributed by atoms with Gasteiger partial charge in [0.2, 0.25) is 0 Å². The van der Waals surface area contributed by atoms with E-state index in [4.69, 9.17) is 5.26 Å². The summed E-state index contributed by atoms with van der Waals surface area (Å²) < 4.78 is 1.74. The van der Waals surface area contributed by atoms with Crippen molar-refractivity contribution in [1.82, 2.24) is 9.78 Å². The number of rotatable bonds is 2. The van der Waals surface area contributed by atoms with Gasteiger partial charge < -0.3 is 5.32 Å². The average molecular weight is 212 g/mol. The van der Waals surface area contributed by atoms with E-state index >= 15 is 0 Å². The lowest BCUT2D eigenvalue weighted by atomic mass is 10.2. The largest absolute Gasteiger partial charge is 0.352 e. The molecule has 4 heteroatoms. The fourth-order valence-corrected chi connectivity index (χ4v) is 1.56. The molecule has 0 fully saturated rings. The molecule has 1 aromatic heterocycles. The van der Waals surface area contributed by atoms with Crippen LogP contribution in [0.5, 0.6) is 0 Å². The number of para-hydroxylation sites is 1. The lowest BCUT2D eigenvalue weighted by Crippen LogP contribution is -1.93. The Kier molecular flexibility index (Phi) is 2.61. The minimum Gasteiger partial charge on any atom is -0.352 e. The maximum absolute atomic E-state index is 8.96. The van der Waals surface area contributed by atoms with Crippen LogP contribution in [0.1, 0.15) is 11.3 Å². The molecule has 1 heterocycles. The van der Waals surface area contributed by atoms with Gasteiger partial charge in [-0.2, -0.15) is 10.4 Å². The van der Waals surface area contributed by atoms with Crippen LogP contribution in [0.3, 0.4) is 0 Å². The molecule has 0 saturated heterocycles. The van der Waals surface area contributed by atoms with Crippen molar-refractivity contribution >= 4 is 11.4 Å². The second-order valence-corrected chi connectivity index (χ2v) is 3.58. The van der Waals surface area contributed by atoms with E-state index in [2.05, 4.69) is 16.5 Å². The highest BCUT2D eigenvalue weighted by Gasteiger charge is 2.05. The number of benzene rings is 1. The monoisotopic (exact) mass is 212 g/mol. The molecular weight excluding hydrogens is 200 g/mol. The van der Waals surface area contributed by atoms with Gasteiger partial charge in [-0.05, 0) is 19.1 Å². The Morgan fingerprint density at radius 2 is 2.06 bits per heavy atom. The SMILES string of the molecule is Cc1nn(C)cc1Nc1ccccc1C#N. The molecule has 1 N–H and O–H groups in total. The first kappa shape index (κ1) is 10.2. The topological polar surface area (TPSA) is 53.6 Å². The van der Waals surface area contributed by atoms with Gasteiger partial charge in [0.1, 0.15) is 6.07 Å². The highest BCUT2D eigenvalue weighted by molar-refractivity contribution is 5.67. The first-order valence-electron chi connectivity index (χ1n) is 4.97. The Bertz CT molecular complexity index is 548. The maximum atomic E-state index is 8.96. The fraction of sp³-hybridized carbons (Fsp3) is 0.167. The molecule has 0 aliphatic rings. The third-order valence-corrected chi connectivity index (χ3v) is 2.33. The molecule has 0 atom stereocenters. The van der Waals surface area contributed by atoms with Crippen LogP contribution < -0.4 is 5.32 Å². The minimum absolute atomic E-state index is 0.630. The number of anilines is 2. The van der Waals surface area contributed by atoms with Crippen molar-refractivity contribution in [3.63, 3.8) is 0 Å². The summed E-state index contributed by atoms with van der Waals surface area (Å²) in [5.41, 5.74) is 3.27. The number of aromatic nitrogens is 2. The van der Waals surface area contributed by atoms with E-state index in [1.807, 2.05) is 38.4 Å². The Morgan fingerprint density at radius 3 is 2.69 bits per heavy atom. The second kappa shape index (κ2) is 4.07. The Labute approximate surface area is 94.1 Å². The van der Waals surface area contributed by atoms with Crippen molar-refractivity contribution in [2.75, 3.05) is 5.32 Å². The highest BCUT2D eigenvalue weighted by Crippen LogP contribution is 2.21. The average Bonchev–Trinajstić information content (AvgIpc) is 2.58. The molecule has 16 heavy (non-hydrogen) atoms. The lowest BCUT2D eigenvalue weighted by molar-refractivity contribution is 0.756. The Morgan fingerprint density at radius 1 is 1.31 bits per heavy atom. The summed E-state index contributed by atoms with van der Waals surface area (Å²) in [6.45, 7) is 1.93. The molecule has 1 aromatic carbocycles. The van der Waals surface area contributed by atoms with E-state index in [1.54, 1.807) is 10.7 Å². The van der Waals surface area contributed by atoms with Crippen molar-refractivity contribution in [3.05, 3.63) is 41.7 Å². The van der Waals surface area contributed by atoms with Crippen molar-refractivity contribution < 1.29 is 0 Å². The van der Waals surface area contributed by atoms with Crippen molar-refractivity contribution in [2.24, 2.45) is 7.05 Å². The molecule has 0 spiro atoms. The number of hydrogen-bond acceptors (Lipinski definition) is 3. The molecule has 2 aromatic rings. The van der Waals surface area contributed by atoms with Crippen LogP contribution in [0.2, 0.25) is 0 Å². The molecule has 0 unspecified atom stereocenters. The number of nitriles is 1. The Hall–Kier alpha value is -2.28. The summed E-state index contributed by atoms with van der Waals surface area (Å²) in [4.78, 5) is 0. The zero-order valence-electron chi connectivity index (χ0n) is 9.23. The highest BCUT2D eigenvalue weighted by atomic mass is 15.3. The molecule has 0 saturated carbocycles. The van der Waals surface area contributed by atoms with Gasteiger partial charge in [-0.25, -0.2) is 0 Å². The quantitative estimate of drug-likeness (QED) is 0.831. The molecule has 4 nitrogen and oxygen atoms in total. The van der Waals surface area contributed by atoms with Crippen LogP contribution in [-0.4, -0.2) is 9.78 Å². The zero-order valence-corrected chi connectivity index (χ0v) is 9.23. The van der Waals surface area contributed by atoms with Crippen molar-refractivity contribution in [2.45, 2.75) is 6.92 Å². The van der Waals surface area contributed by atoms with Gasteiger partial charge >= 0.3 is 0 Å². The molecule has 2 rings (SSSR count). The molecule has 80 valence electrons. The number of nitrogens with zero attached hydrogens (tertiary/aromatic N) is 3. The molecule has 0 amide bonds. The van der Waals surface area contributed by atoms with Crippen LogP contribution in [-0.2, 0) is 7.05 Å². The molecule has 0 aliphatic carbocycles. The zero-order chi connectivity index (χ0) is 11.5. The predicted molar refractivity (Wildman–Crippen MR) is 62.4 cm³/mol. The minimum atomic E-state index is 0.630. The molecule has 0 radical (unpaired) electrons. The van der Waals surface area contributed by atoms with Gasteiger partial charge in [-0.1, -0.05) is 12.1 Å². The van der Waals surface area contributed by atoms with Crippen LogP contribution in [0.15, 0.2) is 30.5 Å². The summed E-state index contributed by atoms with van der Waals surface area (Å²) >= 11 is 0. The molecule has 0 aliphatic heterocycles. The summed E-state index contributed by atoms with van der Waals surface area (Å²) in [7, 11) is 1.87. The van der Waals surface area contributed by atoms with E-state index in [0.29, 0.717) is 5.56 Å². The lowest BCUT2D eigenvalue weighted by Gasteiger charge is -2.05. The van der Waals surface area contributed by atoms with Crippen LogP contribution in [0.4, 0.5) is 11.4 Å². The first-order chi connectivity index (χ1) is 7.70. The van der Waals surface area contributed by atoms with Crippen LogP contribution in [0.25, 0.3) is 0 Å². The number of aryl methyl sites for hydroxylation is 2. The third kappa shape index (κ3) is 1.89. The first-order valence-corrected chi connectivity index (χ1v) is 4.97. The van der Waals surface area contributed by atoms with Crippen LogP contribution >= 0.6 is 0 Å². The van der Waals surface area contributed by atoms with Gasteiger partial charge in [0.25, 0.3) is 0 Å². The molecular formula is C12H12N4. The fourth-order valence-electron chi connectivity index (χ4n) is 1.56. The van der Waals surface area contributed by atoms with E-state index in [-0.39, 0.29) is 0 Å². The van der Waals surface area contributed by atoms with Crippen molar-refractivity contribution in [3.8, 4) is 6.07 Å². The van der Waals surface area contributed by atoms with Crippen LogP contribution in [0, 0.1) is 18.3 Å². The Balaban J connectivity index is 2.34. The number of hydrogen-bond donors (Lipinski definition) is 1. The van der Waals surface area contributed by atoms with Gasteiger partial charge in [-0.15, -0.1) is 0 Å². The van der Waals surface area contributed by atoms with Gasteiger partial charge in [0.15, 0.2) is 0 Å². The maximum Gasteiger partial charge on any atom is 0.101 e. The normalized spacial score (nSPS) is 9.81. The molecule has 0 bridgehead atoms. The summed E-state index contributed by atoms with van der Waals surface area (Å²) in [5.74, 6) is 0. The van der Waals surface area contributed by atoms with E-state index in [0.717, 1.165) is 17.1 Å². The van der Waals surface area contributed by atoms with E-state index in [9.17, 15) is 0 Å². The van der Waals surface area contributed by atoms with E-state index in [1.165, 1.54) is 0 Å². The third-order valence-electron chi connectivity index (χ3n) is 2.33. The second-order valence-electron chi connectivity index (χ2n) is 3.58. The summed E-state index contributed by atoms with van der Waals surface area (Å²) in [6.07, 6.45) is 1.89. The standard InChI is InChI=1S/C12H12N4/c1-9-12(8-16(2)15-9)14-11-6-4-3-5-10(11)7-13/h3-6,8,14H,1-2H3. The van der Waals surface area contributed by atoms with E-state index < -0.39 is 0 Å². The van der Waals surface area contributed by atoms with Gasteiger partial charge in [0.05, 0.1) is 22.6 Å². The van der Waals surface area contributed by atoms with Gasteiger partial charge in [-0.3, -0.25) is 4.68 Å². The summed E-state index contributed by atoms with van der Waals surface area (Å²) in [6, 6.07) is 9.56. The van der Waals surface area contributed by atoms with Gasteiger partial charge in [0, 0.05) is 13.2 Å². The van der Waals surface area contributed by atoms with Crippen molar-refractivity contribution in [1.29, 1.82) is 5.26 Å². The summed E-state index contributed by atoms with van der Waals surface area (Å²) in [5, 5.41) is 16.4. The smallest absolute Gasteiger partial charge is 0.101 e. The predicted octanol–water partition coefficient (Wildman–Crippen LogP) is 2.34.